The van der Waals surface area contributed by atoms with Crippen LogP contribution < -0.4 is 5.32 Å². The summed E-state index contributed by atoms with van der Waals surface area (Å²) in [4.78, 5) is 4.40. The molecule has 0 aliphatic heterocycles. The first-order valence-corrected chi connectivity index (χ1v) is 6.74. The number of halogens is 2. The van der Waals surface area contributed by atoms with Crippen molar-refractivity contribution in [3.8, 4) is 11.4 Å². The minimum atomic E-state index is -0.365. The Balaban J connectivity index is 2.33. The zero-order chi connectivity index (χ0) is 14.0. The van der Waals surface area contributed by atoms with Crippen molar-refractivity contribution in [2.45, 2.75) is 26.3 Å². The van der Waals surface area contributed by atoms with Crippen molar-refractivity contribution >= 4 is 23.2 Å². The average molecular weight is 300 g/mol. The molecular weight excluding hydrogens is 285 g/mol. The van der Waals surface area contributed by atoms with Crippen LogP contribution in [0.4, 0.5) is 0 Å². The molecule has 0 spiro atoms. The van der Waals surface area contributed by atoms with E-state index in [0.29, 0.717) is 21.8 Å². The second kappa shape index (κ2) is 5.49. The smallest absolute Gasteiger partial charge is 0.246 e. The molecule has 1 N–H and O–H groups in total. The lowest BCUT2D eigenvalue weighted by Crippen LogP contribution is -2.36. The second-order valence-electron chi connectivity index (χ2n) is 4.71. The van der Waals surface area contributed by atoms with Crippen LogP contribution in [0.1, 0.15) is 26.7 Å². The van der Waals surface area contributed by atoms with Gasteiger partial charge in [-0.3, -0.25) is 0 Å². The number of hydrogen-bond donors (Lipinski definition) is 1. The van der Waals surface area contributed by atoms with Crippen molar-refractivity contribution in [3.05, 3.63) is 34.1 Å². The van der Waals surface area contributed by atoms with Crippen molar-refractivity contribution in [2.24, 2.45) is 0 Å². The topological polar surface area (TPSA) is 51.0 Å². The fraction of sp³-hybridized carbons (Fsp3) is 0.385. The molecule has 0 radical (unpaired) electrons. The van der Waals surface area contributed by atoms with Gasteiger partial charge in [0.1, 0.15) is 0 Å². The third-order valence-corrected chi connectivity index (χ3v) is 3.50. The molecule has 19 heavy (non-hydrogen) atoms. The Morgan fingerprint density at radius 2 is 2.00 bits per heavy atom. The number of rotatable bonds is 4. The first kappa shape index (κ1) is 14.3. The van der Waals surface area contributed by atoms with Gasteiger partial charge < -0.3 is 9.84 Å². The summed E-state index contributed by atoms with van der Waals surface area (Å²) in [5.41, 5.74) is 0.410. The van der Waals surface area contributed by atoms with Gasteiger partial charge in [0, 0.05) is 5.56 Å². The minimum absolute atomic E-state index is 0.365. The first-order valence-electron chi connectivity index (χ1n) is 5.98. The highest BCUT2D eigenvalue weighted by atomic mass is 35.5. The Morgan fingerprint density at radius 1 is 1.26 bits per heavy atom. The maximum Gasteiger partial charge on any atom is 0.246 e. The van der Waals surface area contributed by atoms with E-state index < -0.39 is 0 Å². The van der Waals surface area contributed by atoms with Gasteiger partial charge in [-0.1, -0.05) is 35.3 Å². The van der Waals surface area contributed by atoms with Crippen LogP contribution in [-0.4, -0.2) is 16.7 Å². The van der Waals surface area contributed by atoms with E-state index in [-0.39, 0.29) is 5.54 Å². The monoisotopic (exact) mass is 299 g/mol. The molecular formula is C13H15Cl2N3O. The molecule has 0 aliphatic rings. The molecule has 6 heteroatoms. The molecule has 0 fully saturated rings. The van der Waals surface area contributed by atoms with Crippen LogP contribution in [0.5, 0.6) is 0 Å². The molecule has 2 rings (SSSR count). The van der Waals surface area contributed by atoms with Gasteiger partial charge in [-0.15, -0.1) is 0 Å². The van der Waals surface area contributed by atoms with Crippen LogP contribution in [-0.2, 0) is 5.54 Å². The molecule has 1 aromatic heterocycles. The summed E-state index contributed by atoms with van der Waals surface area (Å²) in [6.07, 6.45) is 0. The molecule has 2 aromatic rings. The van der Waals surface area contributed by atoms with Crippen molar-refractivity contribution < 1.29 is 4.52 Å². The van der Waals surface area contributed by atoms with E-state index >= 15 is 0 Å². The van der Waals surface area contributed by atoms with E-state index in [2.05, 4.69) is 15.5 Å². The molecule has 0 aliphatic carbocycles. The summed E-state index contributed by atoms with van der Waals surface area (Å²) in [6.45, 7) is 6.82. The number of hydrogen-bond acceptors (Lipinski definition) is 4. The Hall–Kier alpha value is -1.10. The fourth-order valence-electron chi connectivity index (χ4n) is 1.75. The molecule has 1 aromatic carbocycles. The van der Waals surface area contributed by atoms with Gasteiger partial charge in [0.2, 0.25) is 11.7 Å². The summed E-state index contributed by atoms with van der Waals surface area (Å²) in [5, 5.41) is 8.23. The second-order valence-corrected chi connectivity index (χ2v) is 5.52. The SMILES string of the molecule is CCNC(C)(C)c1nc(-c2ccc(Cl)c(Cl)c2)no1. The summed E-state index contributed by atoms with van der Waals surface area (Å²) in [7, 11) is 0. The lowest BCUT2D eigenvalue weighted by molar-refractivity contribution is 0.272. The summed E-state index contributed by atoms with van der Waals surface area (Å²) in [6, 6.07) is 5.24. The maximum atomic E-state index is 5.98. The minimum Gasteiger partial charge on any atom is -0.337 e. The largest absolute Gasteiger partial charge is 0.337 e. The molecule has 102 valence electrons. The Bertz CT molecular complexity index is 581. The van der Waals surface area contributed by atoms with Crippen LogP contribution in [0.2, 0.25) is 10.0 Å². The van der Waals surface area contributed by atoms with Gasteiger partial charge in [0.05, 0.1) is 15.6 Å². The van der Waals surface area contributed by atoms with Gasteiger partial charge in [-0.25, -0.2) is 0 Å². The van der Waals surface area contributed by atoms with E-state index in [1.165, 1.54) is 0 Å². The van der Waals surface area contributed by atoms with Gasteiger partial charge >= 0.3 is 0 Å². The van der Waals surface area contributed by atoms with E-state index in [9.17, 15) is 0 Å². The van der Waals surface area contributed by atoms with Crippen LogP contribution in [0.15, 0.2) is 22.7 Å². The number of nitrogens with zero attached hydrogens (tertiary/aromatic N) is 2. The summed E-state index contributed by atoms with van der Waals surface area (Å²) < 4.78 is 5.31. The standard InChI is InChI=1S/C13H15Cl2N3O/c1-4-16-13(2,3)12-17-11(18-19-12)8-5-6-9(14)10(15)7-8/h5-7,16H,4H2,1-3H3. The Morgan fingerprint density at radius 3 is 2.63 bits per heavy atom. The Labute approximate surface area is 122 Å². The predicted octanol–water partition coefficient (Wildman–Crippen LogP) is 3.89. The third-order valence-electron chi connectivity index (χ3n) is 2.76. The highest BCUT2D eigenvalue weighted by Gasteiger charge is 2.26. The quantitative estimate of drug-likeness (QED) is 0.930. The third kappa shape index (κ3) is 3.08. The highest BCUT2D eigenvalue weighted by Crippen LogP contribution is 2.28. The number of nitrogens with one attached hydrogen (secondary N) is 1. The van der Waals surface area contributed by atoms with Gasteiger partial charge in [0.25, 0.3) is 0 Å². The lowest BCUT2D eigenvalue weighted by Gasteiger charge is -2.20. The average Bonchev–Trinajstić information content (AvgIpc) is 2.83. The van der Waals surface area contributed by atoms with Crippen LogP contribution in [0.3, 0.4) is 0 Å². The van der Waals surface area contributed by atoms with Crippen LogP contribution >= 0.6 is 23.2 Å². The van der Waals surface area contributed by atoms with E-state index in [1.807, 2.05) is 26.8 Å². The van der Waals surface area contributed by atoms with Gasteiger partial charge in [-0.05, 0) is 38.6 Å². The van der Waals surface area contributed by atoms with Crippen molar-refractivity contribution in [3.63, 3.8) is 0 Å². The van der Waals surface area contributed by atoms with Crippen LogP contribution in [0.25, 0.3) is 11.4 Å². The molecule has 1 heterocycles. The van der Waals surface area contributed by atoms with E-state index in [0.717, 1.165) is 12.1 Å². The van der Waals surface area contributed by atoms with Crippen molar-refractivity contribution in [2.75, 3.05) is 6.54 Å². The molecule has 0 atom stereocenters. The normalized spacial score (nSPS) is 11.8. The first-order chi connectivity index (χ1) is 8.94. The molecule has 0 saturated carbocycles. The van der Waals surface area contributed by atoms with Crippen molar-refractivity contribution in [1.82, 2.24) is 15.5 Å². The number of benzene rings is 1. The maximum absolute atomic E-state index is 5.98. The summed E-state index contributed by atoms with van der Waals surface area (Å²) >= 11 is 11.9. The molecule has 0 unspecified atom stereocenters. The van der Waals surface area contributed by atoms with E-state index in [4.69, 9.17) is 27.7 Å². The zero-order valence-electron chi connectivity index (χ0n) is 11.0. The Kier molecular flexibility index (Phi) is 4.13. The molecule has 0 bridgehead atoms. The van der Waals surface area contributed by atoms with E-state index in [1.54, 1.807) is 12.1 Å². The van der Waals surface area contributed by atoms with Gasteiger partial charge in [0.15, 0.2) is 0 Å². The fourth-order valence-corrected chi connectivity index (χ4v) is 2.05. The lowest BCUT2D eigenvalue weighted by atomic mass is 10.1. The predicted molar refractivity (Wildman–Crippen MR) is 76.5 cm³/mol. The summed E-state index contributed by atoms with van der Waals surface area (Å²) in [5.74, 6) is 1.04. The van der Waals surface area contributed by atoms with Gasteiger partial charge in [-0.2, -0.15) is 4.98 Å². The zero-order valence-corrected chi connectivity index (χ0v) is 12.5. The van der Waals surface area contributed by atoms with Crippen molar-refractivity contribution in [1.29, 1.82) is 0 Å². The van der Waals surface area contributed by atoms with Crippen LogP contribution in [0, 0.1) is 0 Å². The molecule has 0 saturated heterocycles. The number of aromatic nitrogens is 2. The molecule has 4 nitrogen and oxygen atoms in total. The molecule has 0 amide bonds. The highest BCUT2D eigenvalue weighted by molar-refractivity contribution is 6.42.